The molecule has 192 valence electrons. The van der Waals surface area contributed by atoms with E-state index in [0.717, 1.165) is 24.1 Å². The standard InChI is InChI=1S/C30H39N3O2S/c1-2-3-4-5-6-7-8-9-10-11-12-13-17-25(28(34)24-16-14-15-23(20-24)21-31)27-22-33-30(36-27)29-26(32)18-19-35-29/h14-16,18-20,22,25H,2-13,17,32H2,1H3. The van der Waals surface area contributed by atoms with Gasteiger partial charge in [0.1, 0.15) is 0 Å². The number of furan rings is 1. The molecule has 0 fully saturated rings. The highest BCUT2D eigenvalue weighted by atomic mass is 32.1. The number of rotatable bonds is 17. The average Bonchev–Trinajstić information content (AvgIpc) is 3.55. The molecule has 0 radical (unpaired) electrons. The molecule has 0 amide bonds. The van der Waals surface area contributed by atoms with E-state index in [1.807, 2.05) is 0 Å². The molecular weight excluding hydrogens is 466 g/mol. The number of nitrogens with two attached hydrogens (primary N) is 1. The van der Waals surface area contributed by atoms with Crippen LogP contribution in [-0.4, -0.2) is 10.8 Å². The fourth-order valence-electron chi connectivity index (χ4n) is 4.58. The molecule has 0 aliphatic carbocycles. The Balaban J connectivity index is 1.54. The van der Waals surface area contributed by atoms with Gasteiger partial charge in [0.15, 0.2) is 16.6 Å². The molecule has 0 aliphatic heterocycles. The molecule has 6 heteroatoms. The summed E-state index contributed by atoms with van der Waals surface area (Å²) in [6.07, 6.45) is 19.5. The number of hydrogen-bond donors (Lipinski definition) is 1. The zero-order valence-electron chi connectivity index (χ0n) is 21.5. The average molecular weight is 506 g/mol. The van der Waals surface area contributed by atoms with Crippen molar-refractivity contribution in [2.24, 2.45) is 0 Å². The number of carbonyl (C=O) groups excluding carboxylic acids is 1. The van der Waals surface area contributed by atoms with E-state index >= 15 is 0 Å². The van der Waals surface area contributed by atoms with Gasteiger partial charge < -0.3 is 10.2 Å². The lowest BCUT2D eigenvalue weighted by molar-refractivity contribution is 0.0955. The molecule has 1 atom stereocenters. The van der Waals surface area contributed by atoms with E-state index in [-0.39, 0.29) is 11.7 Å². The van der Waals surface area contributed by atoms with E-state index < -0.39 is 0 Å². The van der Waals surface area contributed by atoms with Crippen LogP contribution in [0.25, 0.3) is 10.8 Å². The number of hydrogen-bond acceptors (Lipinski definition) is 6. The van der Waals surface area contributed by atoms with Crippen LogP contribution in [0.2, 0.25) is 0 Å². The summed E-state index contributed by atoms with van der Waals surface area (Å²) in [5, 5.41) is 9.96. The number of nitrogen functional groups attached to an aromatic ring is 1. The van der Waals surface area contributed by atoms with Gasteiger partial charge in [0.2, 0.25) is 0 Å². The second kappa shape index (κ2) is 15.3. The maximum atomic E-state index is 13.5. The molecule has 5 nitrogen and oxygen atoms in total. The van der Waals surface area contributed by atoms with E-state index in [4.69, 9.17) is 10.2 Å². The highest BCUT2D eigenvalue weighted by Gasteiger charge is 2.25. The normalized spacial score (nSPS) is 11.9. The van der Waals surface area contributed by atoms with Crippen LogP contribution in [0.1, 0.15) is 117 Å². The van der Waals surface area contributed by atoms with Crippen molar-refractivity contribution in [1.29, 1.82) is 5.26 Å². The summed E-state index contributed by atoms with van der Waals surface area (Å²) < 4.78 is 5.50. The second-order valence-corrected chi connectivity index (χ2v) is 10.6. The summed E-state index contributed by atoms with van der Waals surface area (Å²) in [6.45, 7) is 2.26. The molecule has 3 rings (SSSR count). The van der Waals surface area contributed by atoms with Crippen LogP contribution < -0.4 is 5.73 Å². The Morgan fingerprint density at radius 3 is 2.31 bits per heavy atom. The fourth-order valence-corrected chi connectivity index (χ4v) is 5.64. The van der Waals surface area contributed by atoms with Gasteiger partial charge in [-0.3, -0.25) is 4.79 Å². The lowest BCUT2D eigenvalue weighted by atomic mass is 9.90. The van der Waals surface area contributed by atoms with Crippen molar-refractivity contribution in [2.75, 3.05) is 5.73 Å². The summed E-state index contributed by atoms with van der Waals surface area (Å²) in [5.74, 6) is 0.302. The molecular formula is C30H39N3O2S. The minimum absolute atomic E-state index is 0.0396. The first-order valence-corrected chi connectivity index (χ1v) is 14.3. The number of Topliss-reactive ketones (excluding diaryl/α,β-unsaturated/α-hetero) is 1. The Hall–Kier alpha value is -2.91. The van der Waals surface area contributed by atoms with Gasteiger partial charge in [-0.05, 0) is 18.6 Å². The molecule has 36 heavy (non-hydrogen) atoms. The number of nitriles is 1. The van der Waals surface area contributed by atoms with Crippen LogP contribution in [0.15, 0.2) is 47.2 Å². The van der Waals surface area contributed by atoms with Crippen LogP contribution in [0.3, 0.4) is 0 Å². The molecule has 2 N–H and O–H groups in total. The third kappa shape index (κ3) is 8.34. The summed E-state index contributed by atoms with van der Waals surface area (Å²) in [5.41, 5.74) is 7.62. The Morgan fingerprint density at radius 2 is 1.69 bits per heavy atom. The van der Waals surface area contributed by atoms with Crippen LogP contribution >= 0.6 is 11.3 Å². The predicted molar refractivity (Wildman–Crippen MR) is 148 cm³/mol. The van der Waals surface area contributed by atoms with Gasteiger partial charge in [-0.2, -0.15) is 5.26 Å². The zero-order chi connectivity index (χ0) is 25.6. The SMILES string of the molecule is CCCCCCCCCCCCCCC(C(=O)c1cccc(C#N)c1)c1cnc(-c2occc2N)s1. The van der Waals surface area contributed by atoms with E-state index in [9.17, 15) is 10.1 Å². The van der Waals surface area contributed by atoms with Crippen LogP contribution in [0.4, 0.5) is 5.69 Å². The number of anilines is 1. The highest BCUT2D eigenvalue weighted by Crippen LogP contribution is 2.36. The number of benzene rings is 1. The first-order chi connectivity index (χ1) is 17.6. The van der Waals surface area contributed by atoms with E-state index in [0.29, 0.717) is 27.6 Å². The molecule has 2 aromatic heterocycles. The van der Waals surface area contributed by atoms with Gasteiger partial charge >= 0.3 is 0 Å². The van der Waals surface area contributed by atoms with Crippen molar-refractivity contribution in [3.05, 3.63) is 58.8 Å². The van der Waals surface area contributed by atoms with Gasteiger partial charge in [-0.1, -0.05) is 96.1 Å². The third-order valence-corrected chi connectivity index (χ3v) is 7.81. The number of nitrogens with zero attached hydrogens (tertiary/aromatic N) is 2. The molecule has 0 spiro atoms. The predicted octanol–water partition coefficient (Wildman–Crippen LogP) is 8.91. The summed E-state index contributed by atoms with van der Waals surface area (Å²) >= 11 is 1.46. The largest absolute Gasteiger partial charge is 0.460 e. The Bertz CT molecular complexity index is 1110. The van der Waals surface area contributed by atoms with E-state index in [2.05, 4.69) is 18.0 Å². The first kappa shape index (κ1) is 27.7. The van der Waals surface area contributed by atoms with Gasteiger partial charge in [0, 0.05) is 22.7 Å². The Labute approximate surface area is 219 Å². The maximum Gasteiger partial charge on any atom is 0.185 e. The topological polar surface area (TPSA) is 92.9 Å². The quantitative estimate of drug-likeness (QED) is 0.146. The van der Waals surface area contributed by atoms with Crippen molar-refractivity contribution in [3.63, 3.8) is 0 Å². The number of thiazole rings is 1. The van der Waals surface area contributed by atoms with Crippen LogP contribution in [0, 0.1) is 11.3 Å². The molecule has 0 bridgehead atoms. The summed E-state index contributed by atoms with van der Waals surface area (Å²) in [4.78, 5) is 18.9. The molecule has 1 unspecified atom stereocenters. The fraction of sp³-hybridized carbons (Fsp3) is 0.500. The third-order valence-electron chi connectivity index (χ3n) is 6.70. The minimum Gasteiger partial charge on any atom is -0.460 e. The van der Waals surface area contributed by atoms with Crippen LogP contribution in [-0.2, 0) is 0 Å². The lowest BCUT2D eigenvalue weighted by Gasteiger charge is -2.14. The van der Waals surface area contributed by atoms with Crippen molar-refractivity contribution < 1.29 is 9.21 Å². The summed E-state index contributed by atoms with van der Waals surface area (Å²) in [7, 11) is 0. The molecule has 2 heterocycles. The number of carbonyl (C=O) groups is 1. The Kier molecular flexibility index (Phi) is 11.7. The van der Waals surface area contributed by atoms with Crippen molar-refractivity contribution in [3.8, 4) is 16.8 Å². The first-order valence-electron chi connectivity index (χ1n) is 13.5. The number of aromatic nitrogens is 1. The monoisotopic (exact) mass is 505 g/mol. The molecule has 0 aliphatic rings. The van der Waals surface area contributed by atoms with Crippen molar-refractivity contribution in [1.82, 2.24) is 4.98 Å². The lowest BCUT2D eigenvalue weighted by Crippen LogP contribution is -2.12. The minimum atomic E-state index is -0.287. The molecule has 0 saturated carbocycles. The smallest absolute Gasteiger partial charge is 0.185 e. The van der Waals surface area contributed by atoms with E-state index in [1.165, 1.54) is 75.5 Å². The molecule has 1 aromatic carbocycles. The van der Waals surface area contributed by atoms with Gasteiger partial charge in [0.25, 0.3) is 0 Å². The Morgan fingerprint density at radius 1 is 1.03 bits per heavy atom. The van der Waals surface area contributed by atoms with Crippen LogP contribution in [0.5, 0.6) is 0 Å². The number of ketones is 1. The summed E-state index contributed by atoms with van der Waals surface area (Å²) in [6, 6.07) is 10.8. The zero-order valence-corrected chi connectivity index (χ0v) is 22.3. The van der Waals surface area contributed by atoms with E-state index in [1.54, 1.807) is 42.8 Å². The molecule has 3 aromatic rings. The highest BCUT2D eigenvalue weighted by molar-refractivity contribution is 7.15. The molecule has 0 saturated heterocycles. The number of unbranched alkanes of at least 4 members (excludes halogenated alkanes) is 11. The van der Waals surface area contributed by atoms with Crippen molar-refractivity contribution in [2.45, 2.75) is 96.3 Å². The van der Waals surface area contributed by atoms with Crippen molar-refractivity contribution >= 4 is 22.8 Å². The van der Waals surface area contributed by atoms with Gasteiger partial charge in [0.05, 0.1) is 29.5 Å². The van der Waals surface area contributed by atoms with Gasteiger partial charge in [-0.25, -0.2) is 4.98 Å². The second-order valence-electron chi connectivity index (χ2n) is 9.56. The van der Waals surface area contributed by atoms with Gasteiger partial charge in [-0.15, -0.1) is 11.3 Å². The maximum absolute atomic E-state index is 13.5.